The van der Waals surface area contributed by atoms with Crippen LogP contribution < -0.4 is 18.9 Å². The molecule has 1 rings (SSSR count). The van der Waals surface area contributed by atoms with Gasteiger partial charge in [0.2, 0.25) is 0 Å². The SMILES string of the molecule is Cc1ccc(O)c(C)c1O.[H-].[Li+]. The molecule has 1 aromatic rings. The zero-order chi connectivity index (χ0) is 7.72. The fourth-order valence-corrected chi connectivity index (χ4v) is 0.825. The van der Waals surface area contributed by atoms with E-state index in [2.05, 4.69) is 0 Å². The van der Waals surface area contributed by atoms with Crippen molar-refractivity contribution in [2.45, 2.75) is 13.8 Å². The van der Waals surface area contributed by atoms with Crippen molar-refractivity contribution >= 4 is 0 Å². The maximum atomic E-state index is 9.23. The molecule has 0 unspecified atom stereocenters. The molecular formula is C8H11LiO2. The smallest absolute Gasteiger partial charge is 1.00 e. The van der Waals surface area contributed by atoms with Gasteiger partial charge in [0.1, 0.15) is 11.5 Å². The number of phenols is 2. The van der Waals surface area contributed by atoms with Crippen molar-refractivity contribution in [1.82, 2.24) is 0 Å². The van der Waals surface area contributed by atoms with Gasteiger partial charge >= 0.3 is 18.9 Å². The van der Waals surface area contributed by atoms with Crippen LogP contribution in [-0.4, -0.2) is 10.2 Å². The normalized spacial score (nSPS) is 8.91. The summed E-state index contributed by atoms with van der Waals surface area (Å²) in [6.45, 7) is 3.47. The molecule has 0 radical (unpaired) electrons. The number of aryl methyl sites for hydroxylation is 1. The fourth-order valence-electron chi connectivity index (χ4n) is 0.825. The van der Waals surface area contributed by atoms with E-state index in [1.807, 2.05) is 0 Å². The van der Waals surface area contributed by atoms with Crippen LogP contribution in [0.25, 0.3) is 0 Å². The summed E-state index contributed by atoms with van der Waals surface area (Å²) in [6, 6.07) is 3.25. The Kier molecular flexibility index (Phi) is 3.51. The van der Waals surface area contributed by atoms with Crippen LogP contribution >= 0.6 is 0 Å². The van der Waals surface area contributed by atoms with Gasteiger partial charge in [-0.3, -0.25) is 0 Å². The van der Waals surface area contributed by atoms with Crippen molar-refractivity contribution in [2.24, 2.45) is 0 Å². The number of phenolic OH excluding ortho intramolecular Hbond substituents is 2. The van der Waals surface area contributed by atoms with Crippen LogP contribution in [0.3, 0.4) is 0 Å². The minimum atomic E-state index is 0. The molecule has 0 aromatic heterocycles. The number of hydrogen-bond acceptors (Lipinski definition) is 2. The molecule has 0 atom stereocenters. The Bertz CT molecular complexity index is 236. The summed E-state index contributed by atoms with van der Waals surface area (Å²) in [7, 11) is 0. The van der Waals surface area contributed by atoms with Crippen LogP contribution in [0.2, 0.25) is 0 Å². The van der Waals surface area contributed by atoms with Crippen molar-refractivity contribution in [2.75, 3.05) is 0 Å². The van der Waals surface area contributed by atoms with E-state index in [-0.39, 0.29) is 31.8 Å². The first-order chi connectivity index (χ1) is 4.63. The first-order valence-electron chi connectivity index (χ1n) is 3.11. The second-order valence-corrected chi connectivity index (χ2v) is 2.38. The average molecular weight is 146 g/mol. The number of aromatic hydroxyl groups is 2. The maximum absolute atomic E-state index is 9.23. The molecule has 0 saturated heterocycles. The molecule has 0 aliphatic heterocycles. The van der Waals surface area contributed by atoms with E-state index in [4.69, 9.17) is 5.11 Å². The fraction of sp³-hybridized carbons (Fsp3) is 0.250. The van der Waals surface area contributed by atoms with Crippen LogP contribution in [0.4, 0.5) is 0 Å². The van der Waals surface area contributed by atoms with Gasteiger partial charge in [0, 0.05) is 5.56 Å². The minimum Gasteiger partial charge on any atom is -1.00 e. The molecule has 0 fully saturated rings. The van der Waals surface area contributed by atoms with E-state index in [1.54, 1.807) is 26.0 Å². The van der Waals surface area contributed by atoms with Gasteiger partial charge in [-0.1, -0.05) is 6.07 Å². The summed E-state index contributed by atoms with van der Waals surface area (Å²) in [6.07, 6.45) is 0. The largest absolute Gasteiger partial charge is 1.00 e. The van der Waals surface area contributed by atoms with E-state index in [0.29, 0.717) is 5.56 Å². The first kappa shape index (κ1) is 10.4. The van der Waals surface area contributed by atoms with Crippen LogP contribution in [0.15, 0.2) is 12.1 Å². The molecule has 3 heteroatoms. The van der Waals surface area contributed by atoms with Crippen molar-refractivity contribution in [3.05, 3.63) is 23.3 Å². The standard InChI is InChI=1S/C8H10O2.Li.H/c1-5-3-4-7(9)6(2)8(5)10;;/h3-4,9-10H,1-2H3;;/q;+1;-1. The number of hydrogen-bond donors (Lipinski definition) is 2. The minimum absolute atomic E-state index is 0. The summed E-state index contributed by atoms with van der Waals surface area (Å²) in [5.74, 6) is 0.322. The average Bonchev–Trinajstić information content (AvgIpc) is 1.93. The van der Waals surface area contributed by atoms with E-state index >= 15 is 0 Å². The van der Waals surface area contributed by atoms with Gasteiger partial charge in [0.15, 0.2) is 0 Å². The van der Waals surface area contributed by atoms with Gasteiger partial charge in [-0.05, 0) is 25.5 Å². The van der Waals surface area contributed by atoms with Gasteiger partial charge < -0.3 is 11.6 Å². The van der Waals surface area contributed by atoms with Gasteiger partial charge in [0.05, 0.1) is 0 Å². The summed E-state index contributed by atoms with van der Waals surface area (Å²) < 4.78 is 0. The Morgan fingerprint density at radius 2 is 1.73 bits per heavy atom. The van der Waals surface area contributed by atoms with E-state index in [0.717, 1.165) is 5.56 Å². The van der Waals surface area contributed by atoms with Gasteiger partial charge in [-0.25, -0.2) is 0 Å². The van der Waals surface area contributed by atoms with Crippen LogP contribution in [-0.2, 0) is 0 Å². The zero-order valence-corrected chi connectivity index (χ0v) is 7.05. The Labute approximate surface area is 79.5 Å². The van der Waals surface area contributed by atoms with Crippen molar-refractivity contribution in [3.63, 3.8) is 0 Å². The Morgan fingerprint density at radius 1 is 1.18 bits per heavy atom. The van der Waals surface area contributed by atoms with Gasteiger partial charge in [0.25, 0.3) is 0 Å². The summed E-state index contributed by atoms with van der Waals surface area (Å²) >= 11 is 0. The summed E-state index contributed by atoms with van der Waals surface area (Å²) in [4.78, 5) is 0. The van der Waals surface area contributed by atoms with E-state index < -0.39 is 0 Å². The van der Waals surface area contributed by atoms with Crippen molar-refractivity contribution in [3.8, 4) is 11.5 Å². The van der Waals surface area contributed by atoms with Crippen LogP contribution in [0.1, 0.15) is 12.6 Å². The number of benzene rings is 1. The topological polar surface area (TPSA) is 40.5 Å². The summed E-state index contributed by atoms with van der Waals surface area (Å²) in [5.41, 5.74) is 1.33. The molecular weight excluding hydrogens is 135 g/mol. The molecule has 0 aliphatic rings. The summed E-state index contributed by atoms with van der Waals surface area (Å²) in [5, 5.41) is 18.3. The molecule has 2 nitrogen and oxygen atoms in total. The van der Waals surface area contributed by atoms with E-state index in [9.17, 15) is 5.11 Å². The second kappa shape index (κ2) is 3.71. The van der Waals surface area contributed by atoms with E-state index in [1.165, 1.54) is 0 Å². The molecule has 0 saturated carbocycles. The Morgan fingerprint density at radius 3 is 2.18 bits per heavy atom. The molecule has 11 heavy (non-hydrogen) atoms. The predicted octanol–water partition coefficient (Wildman–Crippen LogP) is -1.17. The van der Waals surface area contributed by atoms with Crippen LogP contribution in [0, 0.1) is 13.8 Å². The monoisotopic (exact) mass is 146 g/mol. The third-order valence-electron chi connectivity index (χ3n) is 1.60. The molecule has 0 spiro atoms. The molecule has 1 aromatic carbocycles. The quantitative estimate of drug-likeness (QED) is 0.453. The molecule has 2 N–H and O–H groups in total. The second-order valence-electron chi connectivity index (χ2n) is 2.38. The Hall–Kier alpha value is -0.583. The molecule has 0 aliphatic carbocycles. The maximum Gasteiger partial charge on any atom is 1.00 e. The third-order valence-corrected chi connectivity index (χ3v) is 1.60. The van der Waals surface area contributed by atoms with Crippen LogP contribution in [0.5, 0.6) is 11.5 Å². The third kappa shape index (κ3) is 1.92. The van der Waals surface area contributed by atoms with Crippen molar-refractivity contribution < 1.29 is 30.5 Å². The predicted molar refractivity (Wildman–Crippen MR) is 40.4 cm³/mol. The van der Waals surface area contributed by atoms with Gasteiger partial charge in [-0.15, -0.1) is 0 Å². The van der Waals surface area contributed by atoms with Crippen molar-refractivity contribution in [1.29, 1.82) is 0 Å². The first-order valence-corrected chi connectivity index (χ1v) is 3.11. The zero-order valence-electron chi connectivity index (χ0n) is 8.05. The molecule has 56 valence electrons. The Balaban J connectivity index is 0. The van der Waals surface area contributed by atoms with Gasteiger partial charge in [-0.2, -0.15) is 0 Å². The number of rotatable bonds is 0. The molecule has 0 heterocycles. The molecule has 0 amide bonds. The molecule has 0 bridgehead atoms.